The first-order valence-corrected chi connectivity index (χ1v) is 4.38. The second-order valence-electron chi connectivity index (χ2n) is 3.26. The van der Waals surface area contributed by atoms with Crippen LogP contribution in [0.15, 0.2) is 12.1 Å². The zero-order chi connectivity index (χ0) is 11.0. The molecule has 0 atom stereocenters. The average molecular weight is 208 g/mol. The van der Waals surface area contributed by atoms with Crippen LogP contribution in [0.3, 0.4) is 0 Å². The van der Waals surface area contributed by atoms with Crippen molar-refractivity contribution in [3.63, 3.8) is 0 Å². The molecule has 1 aliphatic heterocycles. The Bertz CT molecular complexity index is 456. The maximum atomic E-state index is 11.4. The normalized spacial score (nSPS) is 14.3. The van der Waals surface area contributed by atoms with E-state index in [9.17, 15) is 20.0 Å². The first-order chi connectivity index (χ1) is 7.09. The number of benzene rings is 1. The number of nitro benzene ring substituents is 1. The van der Waals surface area contributed by atoms with E-state index < -0.39 is 16.4 Å². The summed E-state index contributed by atoms with van der Waals surface area (Å²) in [4.78, 5) is 21.2. The maximum absolute atomic E-state index is 11.4. The Morgan fingerprint density at radius 2 is 2.20 bits per heavy atom. The van der Waals surface area contributed by atoms with Gasteiger partial charge < -0.3 is 10.4 Å². The predicted molar refractivity (Wildman–Crippen MR) is 50.8 cm³/mol. The van der Waals surface area contributed by atoms with Gasteiger partial charge in [-0.05, 0) is 18.1 Å². The van der Waals surface area contributed by atoms with Crippen LogP contribution < -0.4 is 5.32 Å². The summed E-state index contributed by atoms with van der Waals surface area (Å²) in [6.45, 7) is 0.489. The van der Waals surface area contributed by atoms with Gasteiger partial charge in [0, 0.05) is 18.2 Å². The number of aromatic hydroxyl groups is 1. The highest BCUT2D eigenvalue weighted by Gasteiger charge is 2.23. The van der Waals surface area contributed by atoms with Gasteiger partial charge in [0.1, 0.15) is 0 Å². The van der Waals surface area contributed by atoms with E-state index in [4.69, 9.17) is 0 Å². The second kappa shape index (κ2) is 3.23. The lowest BCUT2D eigenvalue weighted by Crippen LogP contribution is -2.31. The molecule has 1 aromatic rings. The van der Waals surface area contributed by atoms with Gasteiger partial charge >= 0.3 is 5.69 Å². The number of amides is 1. The zero-order valence-electron chi connectivity index (χ0n) is 7.69. The molecule has 0 aromatic heterocycles. The lowest BCUT2D eigenvalue weighted by Gasteiger charge is -2.15. The van der Waals surface area contributed by atoms with Crippen molar-refractivity contribution in [3.8, 4) is 5.75 Å². The van der Waals surface area contributed by atoms with Crippen LogP contribution >= 0.6 is 0 Å². The summed E-state index contributed by atoms with van der Waals surface area (Å²) in [5, 5.41) is 22.5. The molecule has 15 heavy (non-hydrogen) atoms. The van der Waals surface area contributed by atoms with Gasteiger partial charge in [-0.3, -0.25) is 14.9 Å². The number of nitro groups is 1. The Kier molecular flexibility index (Phi) is 2.03. The Hall–Kier alpha value is -2.11. The molecule has 1 heterocycles. The third-order valence-corrected chi connectivity index (χ3v) is 2.32. The van der Waals surface area contributed by atoms with E-state index in [1.807, 2.05) is 0 Å². The molecule has 1 amide bonds. The number of hydrogen-bond acceptors (Lipinski definition) is 4. The summed E-state index contributed by atoms with van der Waals surface area (Å²) in [5.74, 6) is -0.729. The quantitative estimate of drug-likeness (QED) is 0.521. The number of nitrogens with zero attached hydrogens (tertiary/aromatic N) is 1. The average Bonchev–Trinajstić information content (AvgIpc) is 2.16. The minimum absolute atomic E-state index is 0.269. The Morgan fingerprint density at radius 1 is 1.47 bits per heavy atom. The van der Waals surface area contributed by atoms with E-state index in [1.165, 1.54) is 6.07 Å². The van der Waals surface area contributed by atoms with Gasteiger partial charge in [-0.25, -0.2) is 0 Å². The summed E-state index contributed by atoms with van der Waals surface area (Å²) in [6, 6.07) is 2.39. The molecule has 2 N–H and O–H groups in total. The molecule has 0 aliphatic carbocycles. The Morgan fingerprint density at radius 3 is 2.87 bits per heavy atom. The van der Waals surface area contributed by atoms with Gasteiger partial charge in [-0.15, -0.1) is 0 Å². The number of phenols is 1. The number of nitrogens with one attached hydrogen (secondary N) is 1. The summed E-state index contributed by atoms with van der Waals surface area (Å²) in [5.41, 5.74) is 0.471. The zero-order valence-corrected chi connectivity index (χ0v) is 7.69. The molecule has 0 fully saturated rings. The molecule has 0 spiro atoms. The van der Waals surface area contributed by atoms with Crippen molar-refractivity contribution in [3.05, 3.63) is 33.4 Å². The molecule has 78 valence electrons. The molecule has 0 saturated carbocycles. The van der Waals surface area contributed by atoms with Crippen LogP contribution in [0.4, 0.5) is 5.69 Å². The predicted octanol–water partition coefficient (Wildman–Crippen LogP) is 0.586. The molecule has 2 rings (SSSR count). The van der Waals surface area contributed by atoms with Gasteiger partial charge in [0.2, 0.25) is 0 Å². The van der Waals surface area contributed by atoms with Crippen molar-refractivity contribution < 1.29 is 14.8 Å². The van der Waals surface area contributed by atoms with Crippen LogP contribution in [0.25, 0.3) is 0 Å². The monoisotopic (exact) mass is 208 g/mol. The highest BCUT2D eigenvalue weighted by atomic mass is 16.6. The first kappa shape index (κ1) is 9.45. The van der Waals surface area contributed by atoms with E-state index in [-0.39, 0.29) is 11.5 Å². The van der Waals surface area contributed by atoms with E-state index in [0.29, 0.717) is 18.5 Å². The molecule has 0 radical (unpaired) electrons. The fraction of sp³-hybridized carbons (Fsp3) is 0.222. The number of phenolic OH excluding ortho intramolecular Hbond substituents is 1. The molecule has 1 aromatic carbocycles. The molecule has 6 heteroatoms. The molecular formula is C9H8N2O4. The van der Waals surface area contributed by atoms with Gasteiger partial charge in [0.05, 0.1) is 4.92 Å². The second-order valence-corrected chi connectivity index (χ2v) is 3.26. The minimum atomic E-state index is -0.711. The van der Waals surface area contributed by atoms with Crippen molar-refractivity contribution >= 4 is 11.6 Å². The van der Waals surface area contributed by atoms with Crippen LogP contribution in [0, 0.1) is 10.1 Å². The highest BCUT2D eigenvalue weighted by molar-refractivity contribution is 5.97. The molecule has 0 unspecified atom stereocenters. The molecule has 0 bridgehead atoms. The van der Waals surface area contributed by atoms with Crippen LogP contribution in [0.1, 0.15) is 15.9 Å². The van der Waals surface area contributed by atoms with Crippen LogP contribution in [0.5, 0.6) is 5.75 Å². The third-order valence-electron chi connectivity index (χ3n) is 2.32. The van der Waals surface area contributed by atoms with Gasteiger partial charge in [-0.1, -0.05) is 0 Å². The topological polar surface area (TPSA) is 92.5 Å². The van der Waals surface area contributed by atoms with E-state index in [1.54, 1.807) is 0 Å². The fourth-order valence-electron chi connectivity index (χ4n) is 1.59. The Labute approximate surface area is 84.7 Å². The Balaban J connectivity index is 2.60. The lowest BCUT2D eigenvalue weighted by molar-refractivity contribution is -0.385. The van der Waals surface area contributed by atoms with Crippen molar-refractivity contribution in [2.75, 3.05) is 6.54 Å². The first-order valence-electron chi connectivity index (χ1n) is 4.38. The van der Waals surface area contributed by atoms with Crippen LogP contribution in [-0.4, -0.2) is 22.5 Å². The standard InChI is InChI=1S/C9H8N2O4/c12-8-3-5-1-2-10-9(13)6(5)4-7(8)11(14)15/h3-4,12H,1-2H2,(H,10,13). The van der Waals surface area contributed by atoms with Gasteiger partial charge in [0.15, 0.2) is 5.75 Å². The molecule has 1 aliphatic rings. The smallest absolute Gasteiger partial charge is 0.311 e. The van der Waals surface area contributed by atoms with Gasteiger partial charge in [0.25, 0.3) is 5.91 Å². The van der Waals surface area contributed by atoms with E-state index >= 15 is 0 Å². The summed E-state index contributed by atoms with van der Waals surface area (Å²) < 4.78 is 0. The lowest BCUT2D eigenvalue weighted by atomic mass is 9.99. The molecule has 6 nitrogen and oxygen atoms in total. The maximum Gasteiger partial charge on any atom is 0.311 e. The van der Waals surface area contributed by atoms with Crippen molar-refractivity contribution in [2.24, 2.45) is 0 Å². The van der Waals surface area contributed by atoms with Crippen molar-refractivity contribution in [2.45, 2.75) is 6.42 Å². The minimum Gasteiger partial charge on any atom is -0.502 e. The number of fused-ring (bicyclic) bond motifs is 1. The van der Waals surface area contributed by atoms with E-state index in [0.717, 1.165) is 6.07 Å². The number of carbonyl (C=O) groups is 1. The third kappa shape index (κ3) is 1.50. The van der Waals surface area contributed by atoms with E-state index in [2.05, 4.69) is 5.32 Å². The van der Waals surface area contributed by atoms with Crippen LogP contribution in [-0.2, 0) is 6.42 Å². The molecular weight excluding hydrogens is 200 g/mol. The number of hydrogen-bond donors (Lipinski definition) is 2. The fourth-order valence-corrected chi connectivity index (χ4v) is 1.59. The number of carbonyl (C=O) groups excluding carboxylic acids is 1. The summed E-state index contributed by atoms with van der Waals surface area (Å²) >= 11 is 0. The molecule has 0 saturated heterocycles. The van der Waals surface area contributed by atoms with Gasteiger partial charge in [-0.2, -0.15) is 0 Å². The summed E-state index contributed by atoms with van der Waals surface area (Å²) in [6.07, 6.45) is 0.576. The highest BCUT2D eigenvalue weighted by Crippen LogP contribution is 2.30. The SMILES string of the molecule is O=C1NCCc2cc(O)c([N+](=O)[O-])cc21. The summed E-state index contributed by atoms with van der Waals surface area (Å²) in [7, 11) is 0. The largest absolute Gasteiger partial charge is 0.502 e. The number of rotatable bonds is 1. The van der Waals surface area contributed by atoms with Crippen LogP contribution in [0.2, 0.25) is 0 Å². The van der Waals surface area contributed by atoms with Crippen molar-refractivity contribution in [1.82, 2.24) is 5.32 Å². The van der Waals surface area contributed by atoms with Crippen molar-refractivity contribution in [1.29, 1.82) is 0 Å².